The Morgan fingerprint density at radius 1 is 1.18 bits per heavy atom. The fourth-order valence-corrected chi connectivity index (χ4v) is 1.99. The summed E-state index contributed by atoms with van der Waals surface area (Å²) in [6.45, 7) is 0. The fourth-order valence-electron chi connectivity index (χ4n) is 1.60. The van der Waals surface area contributed by atoms with Crippen LogP contribution in [0.2, 0.25) is 10.0 Å². The van der Waals surface area contributed by atoms with Gasteiger partial charge < -0.3 is 15.9 Å². The van der Waals surface area contributed by atoms with Gasteiger partial charge in [-0.2, -0.15) is 0 Å². The maximum Gasteiger partial charge on any atom is 0.271 e. The van der Waals surface area contributed by atoms with Gasteiger partial charge in [-0.1, -0.05) is 23.2 Å². The van der Waals surface area contributed by atoms with E-state index in [9.17, 15) is 20.0 Å². The van der Waals surface area contributed by atoms with Crippen LogP contribution in [0.3, 0.4) is 0 Å². The van der Waals surface area contributed by atoms with Crippen molar-refractivity contribution in [2.45, 2.75) is 0 Å². The number of carbonyl (C=O) groups is 1. The summed E-state index contributed by atoms with van der Waals surface area (Å²) >= 11 is 11.6. The van der Waals surface area contributed by atoms with Crippen molar-refractivity contribution in [1.82, 2.24) is 0 Å². The number of hydrogen-bond donors (Lipinski definition) is 2. The highest BCUT2D eigenvalue weighted by atomic mass is 35.5. The molecule has 0 aliphatic carbocycles. The van der Waals surface area contributed by atoms with Crippen LogP contribution in [0.1, 0.15) is 10.4 Å². The van der Waals surface area contributed by atoms with Crippen LogP contribution in [0.4, 0.5) is 11.4 Å². The molecule has 0 bridgehead atoms. The lowest BCUT2D eigenvalue weighted by Crippen LogP contribution is -2.12. The summed E-state index contributed by atoms with van der Waals surface area (Å²) < 4.78 is 0. The molecule has 0 saturated heterocycles. The van der Waals surface area contributed by atoms with Gasteiger partial charge in [-0.05, 0) is 24.3 Å². The zero-order valence-electron chi connectivity index (χ0n) is 10.8. The predicted molar refractivity (Wildman–Crippen MR) is 82.8 cm³/mol. The first kappa shape index (κ1) is 17.7. The standard InChI is InChI=1S/C13H8Cl2N2O4.H2O/c14-7-1-4-12(18)9(5-7)13(19)16-11-3-2-8(17(20)21)6-10(11)15;/h1-6,18H,(H,16,19);1H2/i2+1,3+1,6+1,8+1,10+1,11+1;. The van der Waals surface area contributed by atoms with Crippen molar-refractivity contribution in [3.05, 3.63) is 62.1 Å². The first-order valence-electron chi connectivity index (χ1n) is 5.62. The highest BCUT2D eigenvalue weighted by Crippen LogP contribution is 2.28. The van der Waals surface area contributed by atoms with Crippen LogP contribution in [0.25, 0.3) is 0 Å². The number of nitrogens with one attached hydrogen (secondary N) is 1. The smallest absolute Gasteiger partial charge is 0.271 e. The number of hydrogen-bond acceptors (Lipinski definition) is 4. The molecule has 9 heteroatoms. The molecule has 0 atom stereocenters. The number of rotatable bonds is 3. The van der Waals surface area contributed by atoms with E-state index in [2.05, 4.69) is 5.32 Å². The van der Waals surface area contributed by atoms with Gasteiger partial charge in [0.05, 0.1) is 21.2 Å². The van der Waals surface area contributed by atoms with Crippen molar-refractivity contribution in [3.63, 3.8) is 0 Å². The average molecular weight is 351 g/mol. The largest absolute Gasteiger partial charge is 0.507 e. The molecule has 0 unspecified atom stereocenters. The minimum atomic E-state index is -0.634. The summed E-state index contributed by atoms with van der Waals surface area (Å²) in [6, 6.07) is 7.65. The third-order valence-corrected chi connectivity index (χ3v) is 3.16. The monoisotopic (exact) mass is 350 g/mol. The molecule has 0 fully saturated rings. The summed E-state index contributed by atoms with van der Waals surface area (Å²) in [6.07, 6.45) is 0. The Hall–Kier alpha value is -2.35. The lowest BCUT2D eigenvalue weighted by molar-refractivity contribution is -0.384. The summed E-state index contributed by atoms with van der Waals surface area (Å²) in [5.74, 6) is -0.874. The predicted octanol–water partition coefficient (Wildman–Crippen LogP) is 3.03. The number of non-ortho nitro benzene ring substituents is 1. The number of amides is 1. The van der Waals surface area contributed by atoms with E-state index in [-0.39, 0.29) is 38.2 Å². The number of nitrogens with zero attached hydrogens (tertiary/aromatic N) is 1. The van der Waals surface area contributed by atoms with Gasteiger partial charge in [0.2, 0.25) is 0 Å². The highest BCUT2D eigenvalue weighted by Gasteiger charge is 2.15. The van der Waals surface area contributed by atoms with Gasteiger partial charge in [0.25, 0.3) is 11.6 Å². The second-order valence-corrected chi connectivity index (χ2v) is 4.88. The van der Waals surface area contributed by atoms with Crippen LogP contribution in [0, 0.1) is 10.1 Å². The lowest BCUT2D eigenvalue weighted by atomic mass is 10.2. The molecule has 0 spiro atoms. The number of aromatic hydroxyl groups is 1. The second kappa shape index (κ2) is 7.08. The van der Waals surface area contributed by atoms with Crippen LogP contribution in [0.5, 0.6) is 5.75 Å². The zero-order chi connectivity index (χ0) is 15.6. The van der Waals surface area contributed by atoms with E-state index in [1.807, 2.05) is 0 Å². The number of phenolic OH excluding ortho intramolecular Hbond substituents is 1. The van der Waals surface area contributed by atoms with Gasteiger partial charge in [0.15, 0.2) is 0 Å². The summed E-state index contributed by atoms with van der Waals surface area (Å²) in [5.41, 5.74) is -0.0350. The first-order valence-corrected chi connectivity index (χ1v) is 6.38. The molecule has 2 aromatic carbocycles. The molecule has 0 aliphatic rings. The molecule has 4 N–H and O–H groups in total. The van der Waals surface area contributed by atoms with Crippen molar-refractivity contribution < 1.29 is 20.3 Å². The molecule has 0 saturated carbocycles. The normalized spacial score (nSPS) is 9.73. The quantitative estimate of drug-likeness (QED) is 0.651. The molecule has 0 aliphatic heterocycles. The summed E-state index contributed by atoms with van der Waals surface area (Å²) in [4.78, 5) is 22.0. The van der Waals surface area contributed by atoms with Crippen LogP contribution >= 0.6 is 23.2 Å². The average Bonchev–Trinajstić information content (AvgIpc) is 2.43. The molecule has 22 heavy (non-hydrogen) atoms. The second-order valence-electron chi connectivity index (χ2n) is 4.04. The van der Waals surface area contributed by atoms with Crippen molar-refractivity contribution in [2.75, 3.05) is 5.32 Å². The van der Waals surface area contributed by atoms with Gasteiger partial charge in [-0.15, -0.1) is 0 Å². The maximum absolute atomic E-state index is 12.0. The van der Waals surface area contributed by atoms with Crippen molar-refractivity contribution >= 4 is 40.5 Å². The minimum absolute atomic E-state index is 0. The fraction of sp³-hybridized carbons (Fsp3) is 0. The first-order chi connectivity index (χ1) is 9.88. The highest BCUT2D eigenvalue weighted by molar-refractivity contribution is 6.34. The van der Waals surface area contributed by atoms with Crippen LogP contribution in [-0.2, 0) is 0 Å². The van der Waals surface area contributed by atoms with E-state index >= 15 is 0 Å². The van der Waals surface area contributed by atoms with E-state index in [1.165, 1.54) is 30.3 Å². The van der Waals surface area contributed by atoms with E-state index < -0.39 is 10.8 Å². The van der Waals surface area contributed by atoms with Crippen molar-refractivity contribution in [2.24, 2.45) is 0 Å². The molecule has 1 amide bonds. The number of anilines is 1. The van der Waals surface area contributed by atoms with Crippen LogP contribution in [-0.4, -0.2) is 21.4 Å². The number of carbonyl (C=O) groups excluding carboxylic acids is 1. The van der Waals surface area contributed by atoms with E-state index in [4.69, 9.17) is 23.2 Å². The number of phenols is 1. The van der Waals surface area contributed by atoms with Gasteiger partial charge in [0, 0.05) is 17.2 Å². The van der Waals surface area contributed by atoms with Crippen molar-refractivity contribution in [1.29, 1.82) is 0 Å². The molecule has 2 aromatic rings. The molecular formula is C13H10Cl2N2O5. The number of nitro benzene ring substituents is 1. The molecule has 7 nitrogen and oxygen atoms in total. The third-order valence-electron chi connectivity index (χ3n) is 2.61. The number of halogens is 2. The third kappa shape index (κ3) is 3.85. The molecule has 0 aromatic heterocycles. The van der Waals surface area contributed by atoms with Crippen molar-refractivity contribution in [3.8, 4) is 5.75 Å². The Morgan fingerprint density at radius 3 is 2.45 bits per heavy atom. The van der Waals surface area contributed by atoms with E-state index in [0.717, 1.165) is 6.07 Å². The Morgan fingerprint density at radius 2 is 1.86 bits per heavy atom. The Balaban J connectivity index is 0.00000242. The number of benzene rings is 2. The topological polar surface area (TPSA) is 124 Å². The molecule has 116 valence electrons. The SMILES string of the molecule is O.O=C(N[13c]1[13cH][13cH][13c]([N+](=O)[O-])[13cH][13c]1Cl)c1cc(Cl)ccc1O. The molecule has 2 rings (SSSR count). The Labute approximate surface area is 134 Å². The molecule has 0 radical (unpaired) electrons. The van der Waals surface area contributed by atoms with Gasteiger partial charge in [-0.3, -0.25) is 14.9 Å². The van der Waals surface area contributed by atoms with E-state index in [1.54, 1.807) is 0 Å². The lowest BCUT2D eigenvalue weighted by Gasteiger charge is -2.08. The summed E-state index contributed by atoms with van der Waals surface area (Å²) in [7, 11) is 0. The summed E-state index contributed by atoms with van der Waals surface area (Å²) in [5, 5.41) is 23.0. The Kier molecular flexibility index (Phi) is 5.69. The molecular weight excluding hydrogens is 341 g/mol. The molecule has 0 heterocycles. The minimum Gasteiger partial charge on any atom is -0.507 e. The number of nitro groups is 1. The van der Waals surface area contributed by atoms with Gasteiger partial charge >= 0.3 is 0 Å². The van der Waals surface area contributed by atoms with Crippen LogP contribution in [0.15, 0.2) is 36.4 Å². The van der Waals surface area contributed by atoms with Gasteiger partial charge in [-0.25, -0.2) is 0 Å². The van der Waals surface area contributed by atoms with Gasteiger partial charge in [0.1, 0.15) is 5.75 Å². The Bertz CT molecular complexity index is 736. The zero-order valence-corrected chi connectivity index (χ0v) is 12.4. The van der Waals surface area contributed by atoms with Crippen LogP contribution < -0.4 is 5.32 Å². The van der Waals surface area contributed by atoms with E-state index in [0.29, 0.717) is 0 Å². The maximum atomic E-state index is 12.0.